The van der Waals surface area contributed by atoms with Gasteiger partial charge in [0.05, 0.1) is 0 Å². The van der Waals surface area contributed by atoms with Crippen LogP contribution in [0.1, 0.15) is 100 Å². The van der Waals surface area contributed by atoms with Gasteiger partial charge in [-0.25, -0.2) is 0 Å². The number of aryl methyl sites for hydroxylation is 5. The zero-order chi connectivity index (χ0) is 31.7. The summed E-state index contributed by atoms with van der Waals surface area (Å²) in [4.78, 5) is 0. The molecule has 5 aromatic carbocycles. The van der Waals surface area contributed by atoms with Gasteiger partial charge >= 0.3 is 0 Å². The minimum atomic E-state index is 0.971. The van der Waals surface area contributed by atoms with Crippen molar-refractivity contribution < 1.29 is 0 Å². The van der Waals surface area contributed by atoms with Gasteiger partial charge in [0, 0.05) is 0 Å². The van der Waals surface area contributed by atoms with Crippen molar-refractivity contribution in [1.29, 1.82) is 0 Å². The summed E-state index contributed by atoms with van der Waals surface area (Å²) in [5.74, 6) is 0. The van der Waals surface area contributed by atoms with E-state index in [0.29, 0.717) is 0 Å². The molecule has 0 radical (unpaired) electrons. The minimum Gasteiger partial charge on any atom is -0.0590 e. The van der Waals surface area contributed by atoms with E-state index in [4.69, 9.17) is 0 Å². The smallest absolute Gasteiger partial charge is 0.00201 e. The first-order chi connectivity index (χ1) is 20.9. The molecule has 0 amide bonds. The first-order valence-corrected chi connectivity index (χ1v) is 16.3. The Morgan fingerprint density at radius 2 is 0.659 bits per heavy atom. The topological polar surface area (TPSA) is 0 Å². The molecule has 0 aliphatic rings. The summed E-state index contributed by atoms with van der Waals surface area (Å²) in [5.41, 5.74) is 25.5. The van der Waals surface area contributed by atoms with Crippen LogP contribution in [0, 0.1) is 69.2 Å². The van der Waals surface area contributed by atoms with Gasteiger partial charge in [0.1, 0.15) is 0 Å². The van der Waals surface area contributed by atoms with Crippen molar-refractivity contribution in [3.8, 4) is 0 Å². The molecule has 0 N–H and O–H groups in total. The molecule has 0 atom stereocenters. The Morgan fingerprint density at radius 3 is 1.02 bits per heavy atom. The summed E-state index contributed by atoms with van der Waals surface area (Å²) in [6.45, 7) is 22.8. The predicted octanol–water partition coefficient (Wildman–Crippen LogP) is 11.1. The van der Waals surface area contributed by atoms with Crippen LogP contribution in [0.15, 0.2) is 72.8 Å². The maximum Gasteiger partial charge on any atom is -0.00201 e. The molecular weight excluding hydrogens is 528 g/mol. The molecule has 0 aliphatic carbocycles. The quantitative estimate of drug-likeness (QED) is 0.172. The highest BCUT2D eigenvalue weighted by molar-refractivity contribution is 5.52. The summed E-state index contributed by atoms with van der Waals surface area (Å²) >= 11 is 0. The summed E-state index contributed by atoms with van der Waals surface area (Å²) in [5, 5.41) is 0. The van der Waals surface area contributed by atoms with E-state index in [2.05, 4.69) is 142 Å². The van der Waals surface area contributed by atoms with Crippen LogP contribution in [0.25, 0.3) is 0 Å². The fraction of sp³-hybridized carbons (Fsp3) is 0.318. The van der Waals surface area contributed by atoms with Crippen molar-refractivity contribution in [3.05, 3.63) is 173 Å². The Hall–Kier alpha value is -3.90. The van der Waals surface area contributed by atoms with E-state index in [1.165, 1.54) is 100 Å². The molecule has 0 nitrogen and oxygen atoms in total. The van der Waals surface area contributed by atoms with E-state index >= 15 is 0 Å². The molecule has 0 fully saturated rings. The van der Waals surface area contributed by atoms with Crippen LogP contribution < -0.4 is 0 Å². The van der Waals surface area contributed by atoms with Gasteiger partial charge in [-0.05, 0) is 178 Å². The zero-order valence-corrected chi connectivity index (χ0v) is 28.8. The van der Waals surface area contributed by atoms with E-state index in [-0.39, 0.29) is 0 Å². The minimum absolute atomic E-state index is 0.971. The Morgan fingerprint density at radius 1 is 0.318 bits per heavy atom. The van der Waals surface area contributed by atoms with Crippen LogP contribution in [-0.2, 0) is 25.7 Å². The van der Waals surface area contributed by atoms with Crippen LogP contribution in [0.4, 0.5) is 0 Å². The van der Waals surface area contributed by atoms with Crippen molar-refractivity contribution in [2.75, 3.05) is 0 Å². The molecule has 0 saturated carbocycles. The van der Waals surface area contributed by atoms with Crippen molar-refractivity contribution in [1.82, 2.24) is 0 Å². The molecule has 0 bridgehead atoms. The lowest BCUT2D eigenvalue weighted by Gasteiger charge is -2.21. The summed E-state index contributed by atoms with van der Waals surface area (Å²) in [6, 6.07) is 27.8. The van der Waals surface area contributed by atoms with Gasteiger partial charge in [-0.1, -0.05) is 89.5 Å². The fourth-order valence-electron chi connectivity index (χ4n) is 6.89. The van der Waals surface area contributed by atoms with Gasteiger partial charge in [-0.3, -0.25) is 0 Å². The molecular formula is C44H50. The number of benzene rings is 5. The maximum absolute atomic E-state index is 2.44. The van der Waals surface area contributed by atoms with Crippen LogP contribution in [0.2, 0.25) is 0 Å². The average Bonchev–Trinajstić information content (AvgIpc) is 2.99. The number of hydrogen-bond acceptors (Lipinski definition) is 0. The lowest BCUT2D eigenvalue weighted by Crippen LogP contribution is -2.07. The highest BCUT2D eigenvalue weighted by Crippen LogP contribution is 2.31. The van der Waals surface area contributed by atoms with Gasteiger partial charge in [0.2, 0.25) is 0 Å². The van der Waals surface area contributed by atoms with E-state index in [9.17, 15) is 0 Å². The molecule has 5 aromatic rings. The number of hydrogen-bond donors (Lipinski definition) is 0. The van der Waals surface area contributed by atoms with Crippen molar-refractivity contribution in [2.45, 2.75) is 94.9 Å². The van der Waals surface area contributed by atoms with Gasteiger partial charge in [-0.2, -0.15) is 0 Å². The lowest BCUT2D eigenvalue weighted by molar-refractivity contribution is 1.02. The zero-order valence-electron chi connectivity index (χ0n) is 28.8. The van der Waals surface area contributed by atoms with Gasteiger partial charge in [-0.15, -0.1) is 0 Å². The van der Waals surface area contributed by atoms with Crippen LogP contribution >= 0.6 is 0 Å². The average molecular weight is 579 g/mol. The molecule has 0 aliphatic heterocycles. The molecule has 0 heteroatoms. The van der Waals surface area contributed by atoms with E-state index < -0.39 is 0 Å². The second kappa shape index (κ2) is 13.0. The van der Waals surface area contributed by atoms with Gasteiger partial charge < -0.3 is 0 Å². The predicted molar refractivity (Wildman–Crippen MR) is 191 cm³/mol. The lowest BCUT2D eigenvalue weighted by atomic mass is 9.84. The molecule has 0 saturated heterocycles. The van der Waals surface area contributed by atoms with E-state index in [0.717, 1.165) is 25.7 Å². The second-order valence-corrected chi connectivity index (χ2v) is 13.5. The third kappa shape index (κ3) is 6.76. The van der Waals surface area contributed by atoms with Crippen molar-refractivity contribution in [2.24, 2.45) is 0 Å². The first-order valence-electron chi connectivity index (χ1n) is 16.3. The fourth-order valence-corrected chi connectivity index (χ4v) is 6.89. The largest absolute Gasteiger partial charge is 0.0590 e. The first kappa shape index (κ1) is 31.5. The normalized spacial score (nSPS) is 11.3. The summed E-state index contributed by atoms with van der Waals surface area (Å²) in [7, 11) is 0. The molecule has 0 aromatic heterocycles. The van der Waals surface area contributed by atoms with Gasteiger partial charge in [0.15, 0.2) is 0 Å². The summed E-state index contributed by atoms with van der Waals surface area (Å²) in [6.07, 6.45) is 3.92. The maximum atomic E-state index is 2.44. The highest BCUT2D eigenvalue weighted by Gasteiger charge is 2.17. The Kier molecular flexibility index (Phi) is 9.31. The van der Waals surface area contributed by atoms with Crippen LogP contribution in [0.5, 0.6) is 0 Å². The van der Waals surface area contributed by atoms with Crippen LogP contribution in [0.3, 0.4) is 0 Å². The third-order valence-corrected chi connectivity index (χ3v) is 10.3. The van der Waals surface area contributed by atoms with Crippen LogP contribution in [-0.4, -0.2) is 0 Å². The standard InChI is InChI=1S/C44H50/c1-27-11-15-37(16-12-27)23-43-32(6)30(4)21-41(35(43)9)25-39-19-29(3)20-40(34(39)8)26-42-22-31(5)33(7)44(36(42)10)24-38-17-13-28(2)14-18-38/h11-22H,23-26H2,1-10H3. The molecule has 44 heavy (non-hydrogen) atoms. The molecule has 0 spiro atoms. The van der Waals surface area contributed by atoms with Gasteiger partial charge in [0.25, 0.3) is 0 Å². The molecule has 0 heterocycles. The Labute approximate surface area is 267 Å². The van der Waals surface area contributed by atoms with E-state index in [1.807, 2.05) is 0 Å². The highest BCUT2D eigenvalue weighted by atomic mass is 14.2. The molecule has 5 rings (SSSR count). The summed E-state index contributed by atoms with van der Waals surface area (Å²) < 4.78 is 0. The Balaban J connectivity index is 1.48. The Bertz CT molecular complexity index is 1680. The second-order valence-electron chi connectivity index (χ2n) is 13.5. The molecule has 226 valence electrons. The number of rotatable bonds is 8. The monoisotopic (exact) mass is 578 g/mol. The molecule has 0 unspecified atom stereocenters. The van der Waals surface area contributed by atoms with Crippen molar-refractivity contribution in [3.63, 3.8) is 0 Å². The van der Waals surface area contributed by atoms with E-state index in [1.54, 1.807) is 0 Å². The SMILES string of the molecule is Cc1ccc(Cc2c(C)c(C)cc(Cc3cc(C)cc(Cc4cc(C)c(C)c(Cc5ccc(C)cc5)c4C)c3C)c2C)cc1. The third-order valence-electron chi connectivity index (χ3n) is 10.3. The van der Waals surface area contributed by atoms with Crippen molar-refractivity contribution >= 4 is 0 Å².